The average Bonchev–Trinajstić information content (AvgIpc) is 3.07. The zero-order valence-electron chi connectivity index (χ0n) is 22.6. The van der Waals surface area contributed by atoms with Crippen molar-refractivity contribution in [1.82, 2.24) is 0 Å². The zero-order valence-corrected chi connectivity index (χ0v) is 22.6. The molecule has 33 heavy (non-hydrogen) atoms. The maximum atomic E-state index is 10.8. The Morgan fingerprint density at radius 3 is 2.18 bits per heavy atom. The minimum absolute atomic E-state index is 0.0138. The summed E-state index contributed by atoms with van der Waals surface area (Å²) < 4.78 is 0. The Morgan fingerprint density at radius 2 is 1.55 bits per heavy atom. The Balaban J connectivity index is 1.55. The molecule has 9 atom stereocenters. The van der Waals surface area contributed by atoms with Crippen LogP contribution in [0.4, 0.5) is 0 Å². The van der Waals surface area contributed by atoms with Gasteiger partial charge in [-0.2, -0.15) is 0 Å². The third-order valence-corrected chi connectivity index (χ3v) is 12.5. The van der Waals surface area contributed by atoms with Crippen molar-refractivity contribution in [3.63, 3.8) is 0 Å². The van der Waals surface area contributed by atoms with Crippen LogP contribution in [-0.4, -0.2) is 33.1 Å². The number of aliphatic hydroxyl groups is 3. The molecule has 0 aliphatic heterocycles. The Bertz CT molecular complexity index is 765. The van der Waals surface area contributed by atoms with E-state index in [1.54, 1.807) is 13.8 Å². The molecule has 4 aliphatic carbocycles. The molecule has 3 heteroatoms. The number of fused-ring (bicyclic) bond motifs is 5. The number of hydrogen-bond donors (Lipinski definition) is 3. The smallest absolute Gasteiger partial charge is 0.0849 e. The maximum Gasteiger partial charge on any atom is 0.0849 e. The maximum absolute atomic E-state index is 10.8. The summed E-state index contributed by atoms with van der Waals surface area (Å²) in [6, 6.07) is 0. The fourth-order valence-electron chi connectivity index (χ4n) is 10.1. The van der Waals surface area contributed by atoms with Crippen LogP contribution in [0, 0.1) is 45.3 Å². The van der Waals surface area contributed by atoms with Gasteiger partial charge in [0.2, 0.25) is 0 Å². The van der Waals surface area contributed by atoms with Gasteiger partial charge >= 0.3 is 0 Å². The van der Waals surface area contributed by atoms with Crippen LogP contribution < -0.4 is 0 Å². The molecule has 0 bridgehead atoms. The van der Waals surface area contributed by atoms with Crippen LogP contribution >= 0.6 is 0 Å². The van der Waals surface area contributed by atoms with Gasteiger partial charge in [0.25, 0.3) is 0 Å². The molecule has 4 fully saturated rings. The third kappa shape index (κ3) is 3.70. The molecule has 3 nitrogen and oxygen atoms in total. The molecule has 0 aromatic rings. The topological polar surface area (TPSA) is 60.7 Å². The van der Waals surface area contributed by atoms with Crippen LogP contribution in [0.1, 0.15) is 113 Å². The van der Waals surface area contributed by atoms with Crippen LogP contribution in [0.25, 0.3) is 0 Å². The van der Waals surface area contributed by atoms with Gasteiger partial charge in [-0.1, -0.05) is 46.8 Å². The van der Waals surface area contributed by atoms with Gasteiger partial charge < -0.3 is 15.3 Å². The second kappa shape index (κ2) is 8.07. The van der Waals surface area contributed by atoms with Crippen LogP contribution in [0.3, 0.4) is 0 Å². The molecule has 4 aliphatic rings. The average molecular weight is 461 g/mol. The second-order valence-corrected chi connectivity index (χ2v) is 14.6. The summed E-state index contributed by atoms with van der Waals surface area (Å²) in [4.78, 5) is 0. The Labute approximate surface area is 203 Å². The highest BCUT2D eigenvalue weighted by molar-refractivity contribution is 5.20. The predicted molar refractivity (Wildman–Crippen MR) is 136 cm³/mol. The van der Waals surface area contributed by atoms with E-state index in [-0.39, 0.29) is 11.5 Å². The minimum Gasteiger partial charge on any atom is -0.393 e. The fraction of sp³-hybridized carbons (Fsp3) is 0.933. The van der Waals surface area contributed by atoms with E-state index in [1.807, 2.05) is 0 Å². The molecule has 0 unspecified atom stereocenters. The summed E-state index contributed by atoms with van der Waals surface area (Å²) in [7, 11) is 0. The van der Waals surface area contributed by atoms with Gasteiger partial charge in [-0.3, -0.25) is 0 Å². The van der Waals surface area contributed by atoms with Crippen molar-refractivity contribution >= 4 is 0 Å². The van der Waals surface area contributed by atoms with Crippen molar-refractivity contribution in [2.75, 3.05) is 0 Å². The summed E-state index contributed by atoms with van der Waals surface area (Å²) in [5.41, 5.74) is 1.28. The summed E-state index contributed by atoms with van der Waals surface area (Å²) in [5.74, 6) is 2.59. The summed E-state index contributed by atoms with van der Waals surface area (Å²) in [5, 5.41) is 31.3. The molecule has 0 saturated heterocycles. The minimum atomic E-state index is -1.05. The van der Waals surface area contributed by atoms with Crippen LogP contribution in [0.15, 0.2) is 12.2 Å². The lowest BCUT2D eigenvalue weighted by molar-refractivity contribution is -0.220. The molecule has 3 N–H and O–H groups in total. The molecule has 0 heterocycles. The second-order valence-electron chi connectivity index (χ2n) is 14.6. The predicted octanol–water partition coefficient (Wildman–Crippen LogP) is 6.50. The van der Waals surface area contributed by atoms with E-state index in [4.69, 9.17) is 0 Å². The van der Waals surface area contributed by atoms with E-state index in [2.05, 4.69) is 41.2 Å². The quantitative estimate of drug-likeness (QED) is 0.410. The molecule has 0 amide bonds. The van der Waals surface area contributed by atoms with Crippen molar-refractivity contribution in [2.24, 2.45) is 45.3 Å². The van der Waals surface area contributed by atoms with E-state index in [0.29, 0.717) is 40.4 Å². The third-order valence-electron chi connectivity index (χ3n) is 12.5. The Hall–Kier alpha value is -0.380. The van der Waals surface area contributed by atoms with Crippen molar-refractivity contribution < 1.29 is 15.3 Å². The molecule has 190 valence electrons. The lowest BCUT2D eigenvalue weighted by Crippen LogP contribution is -2.63. The van der Waals surface area contributed by atoms with E-state index in [0.717, 1.165) is 18.8 Å². The molecule has 4 saturated carbocycles. The standard InChI is InChI=1S/C30H52O3/c1-19(9-12-25(32)27(4,5)33)20-13-17-29(7)21(20)10-11-23-28(6)16-15-24(31)26(2,3)22(28)14-18-30(23,29)8/h20-25,31-33H,1,9-18H2,2-8H3/t20-,21-,22+,23-,24+,25+,28+,29-,30-/m1/s1. The number of rotatable bonds is 5. The highest BCUT2D eigenvalue weighted by atomic mass is 16.3. The van der Waals surface area contributed by atoms with E-state index < -0.39 is 11.7 Å². The largest absolute Gasteiger partial charge is 0.393 e. The lowest BCUT2D eigenvalue weighted by atomic mass is 9.35. The van der Waals surface area contributed by atoms with Crippen LogP contribution in [0.5, 0.6) is 0 Å². The van der Waals surface area contributed by atoms with E-state index >= 15 is 0 Å². The van der Waals surface area contributed by atoms with Gasteiger partial charge in [-0.15, -0.1) is 0 Å². The van der Waals surface area contributed by atoms with Gasteiger partial charge in [0.1, 0.15) is 0 Å². The molecule has 0 radical (unpaired) electrons. The molecule has 0 aromatic heterocycles. The Kier molecular flexibility index (Phi) is 6.28. The van der Waals surface area contributed by atoms with Crippen LogP contribution in [-0.2, 0) is 0 Å². The SMILES string of the molecule is C=C(CC[C@H](O)C(C)(C)O)[C@H]1CC[C@]2(C)[C@@H]1CC[C@@H]1[C@@]3(C)CC[C@H](O)C(C)(C)[C@@H]3CC[C@]12C. The number of allylic oxidation sites excluding steroid dienone is 1. The number of hydrogen-bond acceptors (Lipinski definition) is 3. The first-order chi connectivity index (χ1) is 15.1. The molecular formula is C30H52O3. The fourth-order valence-corrected chi connectivity index (χ4v) is 10.1. The van der Waals surface area contributed by atoms with Gasteiger partial charge in [0, 0.05) is 0 Å². The normalized spacial score (nSPS) is 47.9. The molecule has 0 aromatic carbocycles. The van der Waals surface area contributed by atoms with Crippen molar-refractivity contribution in [3.05, 3.63) is 12.2 Å². The summed E-state index contributed by atoms with van der Waals surface area (Å²) in [6.07, 6.45) is 10.3. The van der Waals surface area contributed by atoms with E-state index in [1.165, 1.54) is 50.5 Å². The summed E-state index contributed by atoms with van der Waals surface area (Å²) in [6.45, 7) is 20.4. The van der Waals surface area contributed by atoms with Gasteiger partial charge in [-0.05, 0) is 123 Å². The van der Waals surface area contributed by atoms with E-state index in [9.17, 15) is 15.3 Å². The highest BCUT2D eigenvalue weighted by Gasteiger charge is 2.68. The van der Waals surface area contributed by atoms with Crippen molar-refractivity contribution in [3.8, 4) is 0 Å². The Morgan fingerprint density at radius 1 is 0.909 bits per heavy atom. The van der Waals surface area contributed by atoms with Crippen LogP contribution in [0.2, 0.25) is 0 Å². The zero-order chi connectivity index (χ0) is 24.6. The first-order valence-electron chi connectivity index (χ1n) is 13.8. The first-order valence-corrected chi connectivity index (χ1v) is 13.8. The summed E-state index contributed by atoms with van der Waals surface area (Å²) >= 11 is 0. The van der Waals surface area contributed by atoms with Crippen molar-refractivity contribution in [1.29, 1.82) is 0 Å². The first kappa shape index (κ1) is 25.7. The van der Waals surface area contributed by atoms with Gasteiger partial charge in [0.15, 0.2) is 0 Å². The molecule has 0 spiro atoms. The number of aliphatic hydroxyl groups excluding tert-OH is 2. The molecular weight excluding hydrogens is 408 g/mol. The van der Waals surface area contributed by atoms with Gasteiger partial charge in [0.05, 0.1) is 17.8 Å². The van der Waals surface area contributed by atoms with Gasteiger partial charge in [-0.25, -0.2) is 0 Å². The van der Waals surface area contributed by atoms with Crippen molar-refractivity contribution in [2.45, 2.75) is 130 Å². The monoisotopic (exact) mass is 460 g/mol. The highest BCUT2D eigenvalue weighted by Crippen LogP contribution is 2.75. The lowest BCUT2D eigenvalue weighted by Gasteiger charge is -2.69. The molecule has 4 rings (SSSR count).